The third-order valence-corrected chi connectivity index (χ3v) is 3.29. The van der Waals surface area contributed by atoms with Gasteiger partial charge in [0.15, 0.2) is 5.82 Å². The summed E-state index contributed by atoms with van der Waals surface area (Å²) in [6.45, 7) is 0.621. The first-order valence-corrected chi connectivity index (χ1v) is 6.61. The van der Waals surface area contributed by atoms with Crippen LogP contribution in [0.1, 0.15) is 5.56 Å². The second kappa shape index (κ2) is 6.10. The Bertz CT molecular complexity index is 528. The summed E-state index contributed by atoms with van der Waals surface area (Å²) >= 11 is 2.21. The number of methoxy groups -OCH3 is 1. The number of aromatic nitrogens is 2. The van der Waals surface area contributed by atoms with Crippen LogP contribution in [0.3, 0.4) is 0 Å². The Kier molecular flexibility index (Phi) is 4.48. The van der Waals surface area contributed by atoms with E-state index in [1.807, 2.05) is 37.5 Å². The average molecular weight is 355 g/mol. The van der Waals surface area contributed by atoms with Crippen LogP contribution in [0.2, 0.25) is 0 Å². The van der Waals surface area contributed by atoms with Crippen LogP contribution in [0.4, 0.5) is 5.82 Å². The second-order valence-electron chi connectivity index (χ2n) is 3.77. The molecule has 0 saturated carbocycles. The van der Waals surface area contributed by atoms with Gasteiger partial charge in [-0.25, -0.2) is 9.97 Å². The highest BCUT2D eigenvalue weighted by Crippen LogP contribution is 2.20. The van der Waals surface area contributed by atoms with Crippen molar-refractivity contribution >= 4 is 28.4 Å². The highest BCUT2D eigenvalue weighted by Gasteiger charge is 2.05. The van der Waals surface area contributed by atoms with Crippen molar-refractivity contribution in [2.24, 2.45) is 0 Å². The van der Waals surface area contributed by atoms with Gasteiger partial charge in [-0.1, -0.05) is 24.3 Å². The van der Waals surface area contributed by atoms with Crippen molar-refractivity contribution in [3.8, 4) is 11.4 Å². The molecule has 5 heteroatoms. The van der Waals surface area contributed by atoms with Gasteiger partial charge >= 0.3 is 0 Å². The molecule has 1 heterocycles. The zero-order chi connectivity index (χ0) is 13.0. The van der Waals surface area contributed by atoms with E-state index in [1.54, 1.807) is 7.11 Å². The number of nitrogens with one attached hydrogen (secondary N) is 1. The van der Waals surface area contributed by atoms with Gasteiger partial charge in [-0.2, -0.15) is 0 Å². The SMILES string of the molecule is CNc1nc(-c2ccc(COC)cc2)ncc1I. The highest BCUT2D eigenvalue weighted by atomic mass is 127. The molecule has 1 aromatic carbocycles. The normalized spacial score (nSPS) is 10.4. The summed E-state index contributed by atoms with van der Waals surface area (Å²) in [5, 5.41) is 3.06. The maximum Gasteiger partial charge on any atom is 0.161 e. The zero-order valence-corrected chi connectivity index (χ0v) is 12.4. The summed E-state index contributed by atoms with van der Waals surface area (Å²) in [4.78, 5) is 8.82. The number of hydrogen-bond donors (Lipinski definition) is 1. The van der Waals surface area contributed by atoms with Gasteiger partial charge < -0.3 is 10.1 Å². The van der Waals surface area contributed by atoms with Crippen LogP contribution >= 0.6 is 22.6 Å². The molecule has 4 nitrogen and oxygen atoms in total. The maximum atomic E-state index is 5.08. The first kappa shape index (κ1) is 13.2. The molecule has 0 fully saturated rings. The number of rotatable bonds is 4. The van der Waals surface area contributed by atoms with Gasteiger partial charge in [0, 0.05) is 25.9 Å². The third kappa shape index (κ3) is 2.97. The molecule has 0 atom stereocenters. The third-order valence-electron chi connectivity index (χ3n) is 2.50. The molecular weight excluding hydrogens is 341 g/mol. The van der Waals surface area contributed by atoms with Crippen LogP contribution in [0.25, 0.3) is 11.4 Å². The molecule has 2 rings (SSSR count). The molecule has 0 aliphatic carbocycles. The van der Waals surface area contributed by atoms with Gasteiger partial charge in [-0.3, -0.25) is 0 Å². The van der Waals surface area contributed by atoms with Gasteiger partial charge in [0.25, 0.3) is 0 Å². The van der Waals surface area contributed by atoms with E-state index in [4.69, 9.17) is 4.74 Å². The Balaban J connectivity index is 2.30. The molecular formula is C13H14IN3O. The zero-order valence-electron chi connectivity index (χ0n) is 10.3. The summed E-state index contributed by atoms with van der Waals surface area (Å²) in [5.41, 5.74) is 2.14. The molecule has 0 amide bonds. The van der Waals surface area contributed by atoms with E-state index in [2.05, 4.69) is 37.9 Å². The second-order valence-corrected chi connectivity index (χ2v) is 4.93. The Hall–Kier alpha value is -1.21. The van der Waals surface area contributed by atoms with Gasteiger partial charge in [-0.15, -0.1) is 0 Å². The van der Waals surface area contributed by atoms with E-state index in [0.29, 0.717) is 6.61 Å². The minimum atomic E-state index is 0.621. The minimum absolute atomic E-state index is 0.621. The molecule has 0 saturated heterocycles. The van der Waals surface area contributed by atoms with Crippen LogP contribution in [0.15, 0.2) is 30.5 Å². The lowest BCUT2D eigenvalue weighted by molar-refractivity contribution is 0.185. The summed E-state index contributed by atoms with van der Waals surface area (Å²) in [7, 11) is 3.55. The number of ether oxygens (including phenoxy) is 1. The van der Waals surface area contributed by atoms with E-state index in [0.717, 1.165) is 26.3 Å². The smallest absolute Gasteiger partial charge is 0.161 e. The Morgan fingerprint density at radius 1 is 1.28 bits per heavy atom. The summed E-state index contributed by atoms with van der Waals surface area (Å²) in [6.07, 6.45) is 1.82. The van der Waals surface area contributed by atoms with Crippen molar-refractivity contribution in [1.29, 1.82) is 0 Å². The molecule has 1 aromatic heterocycles. The molecule has 1 N–H and O–H groups in total. The number of benzene rings is 1. The maximum absolute atomic E-state index is 5.08. The first-order chi connectivity index (χ1) is 8.74. The number of halogens is 1. The summed E-state index contributed by atoms with van der Waals surface area (Å²) < 4.78 is 6.09. The fourth-order valence-electron chi connectivity index (χ4n) is 1.60. The Morgan fingerprint density at radius 2 is 2.00 bits per heavy atom. The lowest BCUT2D eigenvalue weighted by atomic mass is 10.1. The van der Waals surface area contributed by atoms with Gasteiger partial charge in [-0.05, 0) is 28.2 Å². The van der Waals surface area contributed by atoms with E-state index in [1.165, 1.54) is 0 Å². The molecule has 0 aliphatic rings. The molecule has 0 unspecified atom stereocenters. The van der Waals surface area contributed by atoms with Crippen LogP contribution in [0.5, 0.6) is 0 Å². The van der Waals surface area contributed by atoms with E-state index >= 15 is 0 Å². The topological polar surface area (TPSA) is 47.0 Å². The standard InChI is InChI=1S/C13H14IN3O/c1-15-13-11(14)7-16-12(17-13)10-5-3-9(4-6-10)8-18-2/h3-7H,8H2,1-2H3,(H,15,16,17). The Labute approximate surface area is 120 Å². The van der Waals surface area contributed by atoms with Crippen LogP contribution < -0.4 is 5.32 Å². The monoisotopic (exact) mass is 355 g/mol. The van der Waals surface area contributed by atoms with Crippen molar-refractivity contribution in [1.82, 2.24) is 9.97 Å². The van der Waals surface area contributed by atoms with Crippen LogP contribution in [-0.2, 0) is 11.3 Å². The molecule has 0 aliphatic heterocycles. The van der Waals surface area contributed by atoms with Crippen LogP contribution in [-0.4, -0.2) is 24.1 Å². The van der Waals surface area contributed by atoms with Gasteiger partial charge in [0.05, 0.1) is 10.2 Å². The number of nitrogens with zero attached hydrogens (tertiary/aromatic N) is 2. The molecule has 0 spiro atoms. The molecule has 94 valence electrons. The average Bonchev–Trinajstić information content (AvgIpc) is 2.41. The lowest BCUT2D eigenvalue weighted by Crippen LogP contribution is -1.99. The molecule has 0 radical (unpaired) electrons. The molecule has 2 aromatic rings. The summed E-state index contributed by atoms with van der Waals surface area (Å²) in [6, 6.07) is 8.07. The van der Waals surface area contributed by atoms with E-state index < -0.39 is 0 Å². The van der Waals surface area contributed by atoms with Crippen molar-refractivity contribution in [3.05, 3.63) is 39.6 Å². The predicted molar refractivity (Wildman–Crippen MR) is 80.4 cm³/mol. The first-order valence-electron chi connectivity index (χ1n) is 5.53. The fraction of sp³-hybridized carbons (Fsp3) is 0.231. The Morgan fingerprint density at radius 3 is 2.61 bits per heavy atom. The van der Waals surface area contributed by atoms with Crippen molar-refractivity contribution in [2.75, 3.05) is 19.5 Å². The van der Waals surface area contributed by atoms with Crippen molar-refractivity contribution < 1.29 is 4.74 Å². The van der Waals surface area contributed by atoms with Crippen molar-refractivity contribution in [2.45, 2.75) is 6.61 Å². The predicted octanol–water partition coefficient (Wildman–Crippen LogP) is 2.94. The number of anilines is 1. The summed E-state index contributed by atoms with van der Waals surface area (Å²) in [5.74, 6) is 1.57. The largest absolute Gasteiger partial charge is 0.380 e. The van der Waals surface area contributed by atoms with Gasteiger partial charge in [0.2, 0.25) is 0 Å². The number of hydrogen-bond acceptors (Lipinski definition) is 4. The molecule has 0 bridgehead atoms. The lowest BCUT2D eigenvalue weighted by Gasteiger charge is -2.06. The van der Waals surface area contributed by atoms with Crippen molar-refractivity contribution in [3.63, 3.8) is 0 Å². The van der Waals surface area contributed by atoms with Crippen LogP contribution in [0, 0.1) is 3.57 Å². The molecule has 18 heavy (non-hydrogen) atoms. The van der Waals surface area contributed by atoms with E-state index in [-0.39, 0.29) is 0 Å². The van der Waals surface area contributed by atoms with Gasteiger partial charge in [0.1, 0.15) is 5.82 Å². The fourth-order valence-corrected chi connectivity index (χ4v) is 2.13. The highest BCUT2D eigenvalue weighted by molar-refractivity contribution is 14.1. The minimum Gasteiger partial charge on any atom is -0.380 e. The quantitative estimate of drug-likeness (QED) is 0.857. The van der Waals surface area contributed by atoms with E-state index in [9.17, 15) is 0 Å².